The van der Waals surface area contributed by atoms with Gasteiger partial charge in [0.1, 0.15) is 5.75 Å². The van der Waals surface area contributed by atoms with Gasteiger partial charge >= 0.3 is 0 Å². The average molecular weight is 237 g/mol. The summed E-state index contributed by atoms with van der Waals surface area (Å²) in [6.45, 7) is 2.98. The van der Waals surface area contributed by atoms with Gasteiger partial charge in [-0.25, -0.2) is 0 Å². The highest BCUT2D eigenvalue weighted by Gasteiger charge is 2.02. The number of hydrogen-bond donors (Lipinski definition) is 2. The van der Waals surface area contributed by atoms with Gasteiger partial charge < -0.3 is 15.6 Å². The van der Waals surface area contributed by atoms with Crippen LogP contribution in [0.3, 0.4) is 0 Å². The summed E-state index contributed by atoms with van der Waals surface area (Å²) in [4.78, 5) is 0. The summed E-state index contributed by atoms with van der Waals surface area (Å²) < 4.78 is 5.61. The van der Waals surface area contributed by atoms with Gasteiger partial charge in [0.05, 0.1) is 13.2 Å². The summed E-state index contributed by atoms with van der Waals surface area (Å²) in [5.74, 6) is 0.905. The normalized spacial score (nSPS) is 12.4. The number of unbranched alkanes of at least 4 members (excludes halogenated alkanes) is 2. The molecule has 3 N–H and O–H groups in total. The fourth-order valence-electron chi connectivity index (χ4n) is 1.63. The molecule has 0 fully saturated rings. The molecule has 0 saturated carbocycles. The molecular formula is C14H23NO2. The molecule has 17 heavy (non-hydrogen) atoms. The third kappa shape index (κ3) is 5.71. The van der Waals surface area contributed by atoms with Gasteiger partial charge in [0, 0.05) is 6.04 Å². The van der Waals surface area contributed by atoms with Gasteiger partial charge in [-0.3, -0.25) is 0 Å². The lowest BCUT2D eigenvalue weighted by Gasteiger charge is -2.09. The van der Waals surface area contributed by atoms with Crippen LogP contribution in [-0.2, 0) is 6.42 Å². The molecule has 0 aliphatic heterocycles. The first-order valence-electron chi connectivity index (χ1n) is 6.34. The van der Waals surface area contributed by atoms with E-state index in [9.17, 15) is 0 Å². The predicted octanol–water partition coefficient (Wildman–Crippen LogP) is 2.12. The Morgan fingerprint density at radius 3 is 2.53 bits per heavy atom. The van der Waals surface area contributed by atoms with E-state index in [4.69, 9.17) is 15.6 Å². The highest BCUT2D eigenvalue weighted by Crippen LogP contribution is 2.13. The molecule has 0 spiro atoms. The summed E-state index contributed by atoms with van der Waals surface area (Å²) in [5, 5.41) is 8.87. The van der Waals surface area contributed by atoms with Gasteiger partial charge in [0.15, 0.2) is 0 Å². The molecule has 0 bridgehead atoms. The molecule has 0 saturated heterocycles. The third-order valence-corrected chi connectivity index (χ3v) is 2.67. The van der Waals surface area contributed by atoms with Crippen molar-refractivity contribution in [2.45, 2.75) is 38.6 Å². The molecule has 1 aromatic carbocycles. The SMILES string of the molecule is CCCCCOc1ccc(CC(N)CO)cc1. The maximum atomic E-state index is 8.87. The standard InChI is InChI=1S/C14H23NO2/c1-2-3-4-9-17-14-7-5-12(6-8-14)10-13(15)11-16/h5-8,13,16H,2-4,9-11,15H2,1H3. The summed E-state index contributed by atoms with van der Waals surface area (Å²) >= 11 is 0. The molecular weight excluding hydrogens is 214 g/mol. The average Bonchev–Trinajstić information content (AvgIpc) is 2.36. The molecule has 0 aromatic heterocycles. The lowest BCUT2D eigenvalue weighted by molar-refractivity contribution is 0.265. The quantitative estimate of drug-likeness (QED) is 0.681. The monoisotopic (exact) mass is 237 g/mol. The van der Waals surface area contributed by atoms with Gasteiger partial charge in [-0.05, 0) is 30.5 Å². The Labute approximate surface area is 104 Å². The highest BCUT2D eigenvalue weighted by molar-refractivity contribution is 5.27. The number of aliphatic hydroxyl groups excluding tert-OH is 1. The number of nitrogens with two attached hydrogens (primary N) is 1. The van der Waals surface area contributed by atoms with Crippen molar-refractivity contribution in [3.63, 3.8) is 0 Å². The van der Waals surface area contributed by atoms with Crippen molar-refractivity contribution < 1.29 is 9.84 Å². The first kappa shape index (κ1) is 14.0. The Morgan fingerprint density at radius 1 is 1.24 bits per heavy atom. The van der Waals surface area contributed by atoms with Crippen LogP contribution in [0.2, 0.25) is 0 Å². The molecule has 0 aliphatic rings. The highest BCUT2D eigenvalue weighted by atomic mass is 16.5. The molecule has 0 heterocycles. The first-order chi connectivity index (χ1) is 8.26. The van der Waals surface area contributed by atoms with Crippen molar-refractivity contribution in [2.24, 2.45) is 5.73 Å². The first-order valence-corrected chi connectivity index (χ1v) is 6.34. The summed E-state index contributed by atoms with van der Waals surface area (Å²) in [5.41, 5.74) is 6.81. The Hall–Kier alpha value is -1.06. The van der Waals surface area contributed by atoms with E-state index in [-0.39, 0.29) is 12.6 Å². The molecule has 96 valence electrons. The molecule has 0 radical (unpaired) electrons. The van der Waals surface area contributed by atoms with Gasteiger partial charge in [0.25, 0.3) is 0 Å². The number of ether oxygens (including phenoxy) is 1. The van der Waals surface area contributed by atoms with Crippen LogP contribution < -0.4 is 10.5 Å². The minimum atomic E-state index is -0.175. The topological polar surface area (TPSA) is 55.5 Å². The van der Waals surface area contributed by atoms with Crippen molar-refractivity contribution in [3.05, 3.63) is 29.8 Å². The smallest absolute Gasteiger partial charge is 0.119 e. The van der Waals surface area contributed by atoms with Crippen molar-refractivity contribution >= 4 is 0 Å². The Morgan fingerprint density at radius 2 is 1.94 bits per heavy atom. The molecule has 1 aromatic rings. The molecule has 0 aliphatic carbocycles. The minimum absolute atomic E-state index is 0.0231. The van der Waals surface area contributed by atoms with Crippen LogP contribution in [0.4, 0.5) is 0 Å². The van der Waals surface area contributed by atoms with Crippen LogP contribution in [0.15, 0.2) is 24.3 Å². The molecule has 0 amide bonds. The lowest BCUT2D eigenvalue weighted by atomic mass is 10.1. The van der Waals surface area contributed by atoms with Crippen LogP contribution in [0.5, 0.6) is 5.75 Å². The summed E-state index contributed by atoms with van der Waals surface area (Å²) in [6, 6.07) is 7.76. The third-order valence-electron chi connectivity index (χ3n) is 2.67. The Kier molecular flexibility index (Phi) is 6.67. The maximum Gasteiger partial charge on any atom is 0.119 e. The molecule has 1 atom stereocenters. The van der Waals surface area contributed by atoms with Gasteiger partial charge in [-0.2, -0.15) is 0 Å². The van der Waals surface area contributed by atoms with Crippen LogP contribution in [0.1, 0.15) is 31.7 Å². The van der Waals surface area contributed by atoms with Gasteiger partial charge in [-0.15, -0.1) is 0 Å². The fraction of sp³-hybridized carbons (Fsp3) is 0.571. The number of hydrogen-bond acceptors (Lipinski definition) is 3. The van der Waals surface area contributed by atoms with Crippen molar-refractivity contribution in [3.8, 4) is 5.75 Å². The van der Waals surface area contributed by atoms with E-state index < -0.39 is 0 Å². The molecule has 1 unspecified atom stereocenters. The van der Waals surface area contributed by atoms with Crippen molar-refractivity contribution in [2.75, 3.05) is 13.2 Å². The van der Waals surface area contributed by atoms with Crippen molar-refractivity contribution in [1.29, 1.82) is 0 Å². The number of benzene rings is 1. The number of aliphatic hydroxyl groups is 1. The van der Waals surface area contributed by atoms with Crippen LogP contribution in [0.25, 0.3) is 0 Å². The van der Waals surface area contributed by atoms with E-state index in [1.54, 1.807) is 0 Å². The maximum absolute atomic E-state index is 8.87. The lowest BCUT2D eigenvalue weighted by Crippen LogP contribution is -2.26. The summed E-state index contributed by atoms with van der Waals surface area (Å²) in [6.07, 6.45) is 4.23. The Bertz CT molecular complexity index is 298. The number of rotatable bonds is 8. The summed E-state index contributed by atoms with van der Waals surface area (Å²) in [7, 11) is 0. The van der Waals surface area contributed by atoms with Crippen molar-refractivity contribution in [1.82, 2.24) is 0 Å². The second-order valence-corrected chi connectivity index (χ2v) is 4.35. The molecule has 3 nitrogen and oxygen atoms in total. The zero-order valence-electron chi connectivity index (χ0n) is 10.6. The predicted molar refractivity (Wildman–Crippen MR) is 70.2 cm³/mol. The second kappa shape index (κ2) is 8.09. The van der Waals surface area contributed by atoms with E-state index in [2.05, 4.69) is 6.92 Å². The van der Waals surface area contributed by atoms with E-state index in [0.717, 1.165) is 24.3 Å². The minimum Gasteiger partial charge on any atom is -0.494 e. The van der Waals surface area contributed by atoms with Crippen LogP contribution in [-0.4, -0.2) is 24.4 Å². The molecule has 1 rings (SSSR count). The van der Waals surface area contributed by atoms with Gasteiger partial charge in [0.2, 0.25) is 0 Å². The second-order valence-electron chi connectivity index (χ2n) is 4.35. The van der Waals surface area contributed by atoms with E-state index >= 15 is 0 Å². The Balaban J connectivity index is 2.34. The largest absolute Gasteiger partial charge is 0.494 e. The van der Waals surface area contributed by atoms with E-state index in [1.165, 1.54) is 12.8 Å². The fourth-order valence-corrected chi connectivity index (χ4v) is 1.63. The van der Waals surface area contributed by atoms with Crippen LogP contribution in [0, 0.1) is 0 Å². The van der Waals surface area contributed by atoms with E-state index in [0.29, 0.717) is 6.42 Å². The zero-order valence-corrected chi connectivity index (χ0v) is 10.6. The van der Waals surface area contributed by atoms with E-state index in [1.807, 2.05) is 24.3 Å². The van der Waals surface area contributed by atoms with Crippen LogP contribution >= 0.6 is 0 Å². The van der Waals surface area contributed by atoms with Gasteiger partial charge in [-0.1, -0.05) is 31.9 Å². The zero-order chi connectivity index (χ0) is 12.5. The molecule has 3 heteroatoms.